The molecule has 2 fully saturated rings. The second-order valence-corrected chi connectivity index (χ2v) is 6.46. The Hall–Kier alpha value is -1.95. The van der Waals surface area contributed by atoms with Crippen LogP contribution in [0.15, 0.2) is 24.3 Å². The van der Waals surface area contributed by atoms with Gasteiger partial charge in [0.05, 0.1) is 19.6 Å². The topological polar surface area (TPSA) is 49.9 Å². The number of rotatable bonds is 4. The van der Waals surface area contributed by atoms with E-state index in [-0.39, 0.29) is 30.0 Å². The normalized spacial score (nSPS) is 21.1. The van der Waals surface area contributed by atoms with Crippen molar-refractivity contribution in [2.24, 2.45) is 5.92 Å². The minimum Gasteiger partial charge on any atom is -0.378 e. The molecule has 0 N–H and O–H groups in total. The Morgan fingerprint density at radius 3 is 2.58 bits per heavy atom. The van der Waals surface area contributed by atoms with E-state index < -0.39 is 0 Å². The summed E-state index contributed by atoms with van der Waals surface area (Å²) in [5.41, 5.74) is 0.426. The average Bonchev–Trinajstić information content (AvgIpc) is 3.06. The van der Waals surface area contributed by atoms with Crippen LogP contribution in [0.25, 0.3) is 0 Å². The van der Waals surface area contributed by atoms with Gasteiger partial charge in [0.25, 0.3) is 0 Å². The number of likely N-dealkylation sites (tertiary alicyclic amines) is 1. The molecule has 1 aromatic carbocycles. The highest BCUT2D eigenvalue weighted by atomic mass is 19.1. The monoisotopic (exact) mass is 334 g/mol. The van der Waals surface area contributed by atoms with Gasteiger partial charge < -0.3 is 14.5 Å². The third-order valence-electron chi connectivity index (χ3n) is 4.77. The highest BCUT2D eigenvalue weighted by Gasteiger charge is 2.29. The summed E-state index contributed by atoms with van der Waals surface area (Å²) in [5.74, 6) is -0.0675. The summed E-state index contributed by atoms with van der Waals surface area (Å²) in [5, 5.41) is 0. The van der Waals surface area contributed by atoms with Crippen molar-refractivity contribution in [3.63, 3.8) is 0 Å². The van der Waals surface area contributed by atoms with Gasteiger partial charge in [-0.3, -0.25) is 9.59 Å². The average molecular weight is 334 g/mol. The van der Waals surface area contributed by atoms with Crippen LogP contribution in [0, 0.1) is 11.7 Å². The predicted octanol–water partition coefficient (Wildman–Crippen LogP) is 1.47. The molecule has 24 heavy (non-hydrogen) atoms. The minimum absolute atomic E-state index is 0.0681. The number of amides is 2. The molecule has 0 bridgehead atoms. The van der Waals surface area contributed by atoms with Crippen LogP contribution in [0.3, 0.4) is 0 Å². The Labute approximate surface area is 141 Å². The summed E-state index contributed by atoms with van der Waals surface area (Å²) in [7, 11) is 0. The third kappa shape index (κ3) is 4.12. The molecule has 2 aliphatic heterocycles. The van der Waals surface area contributed by atoms with Crippen LogP contribution in [0.5, 0.6) is 0 Å². The second-order valence-electron chi connectivity index (χ2n) is 6.46. The molecule has 1 atom stereocenters. The molecule has 0 radical (unpaired) electrons. The summed E-state index contributed by atoms with van der Waals surface area (Å²) in [4.78, 5) is 28.2. The fourth-order valence-electron chi connectivity index (χ4n) is 3.33. The summed E-state index contributed by atoms with van der Waals surface area (Å²) in [6.45, 7) is 3.74. The summed E-state index contributed by atoms with van der Waals surface area (Å²) < 4.78 is 18.9. The SMILES string of the molecule is O=C(CC1CCN(C(=O)Cc2ccccc2F)C1)N1CCOCC1. The molecule has 130 valence electrons. The Morgan fingerprint density at radius 1 is 1.08 bits per heavy atom. The Kier molecular flexibility index (Phi) is 5.45. The van der Waals surface area contributed by atoms with Crippen molar-refractivity contribution in [2.75, 3.05) is 39.4 Å². The maximum Gasteiger partial charge on any atom is 0.227 e. The first-order valence-corrected chi connectivity index (χ1v) is 8.50. The lowest BCUT2D eigenvalue weighted by Crippen LogP contribution is -2.41. The van der Waals surface area contributed by atoms with Crippen LogP contribution in [0.1, 0.15) is 18.4 Å². The maximum atomic E-state index is 13.7. The van der Waals surface area contributed by atoms with Crippen molar-refractivity contribution < 1.29 is 18.7 Å². The van der Waals surface area contributed by atoms with Crippen LogP contribution >= 0.6 is 0 Å². The van der Waals surface area contributed by atoms with E-state index in [2.05, 4.69) is 0 Å². The second kappa shape index (κ2) is 7.75. The standard InChI is InChI=1S/C18H23FN2O3/c19-16-4-2-1-3-15(16)12-18(23)21-6-5-14(13-21)11-17(22)20-7-9-24-10-8-20/h1-4,14H,5-13H2. The summed E-state index contributed by atoms with van der Waals surface area (Å²) >= 11 is 0. The smallest absolute Gasteiger partial charge is 0.227 e. The van der Waals surface area contributed by atoms with Crippen molar-refractivity contribution in [1.29, 1.82) is 0 Å². The number of carbonyl (C=O) groups is 2. The fourth-order valence-corrected chi connectivity index (χ4v) is 3.33. The van der Waals surface area contributed by atoms with Crippen LogP contribution in [0.2, 0.25) is 0 Å². The minimum atomic E-state index is -0.343. The molecule has 5 nitrogen and oxygen atoms in total. The van der Waals surface area contributed by atoms with Crippen LogP contribution in [0.4, 0.5) is 4.39 Å². The van der Waals surface area contributed by atoms with E-state index in [9.17, 15) is 14.0 Å². The zero-order valence-corrected chi connectivity index (χ0v) is 13.7. The molecule has 0 spiro atoms. The lowest BCUT2D eigenvalue weighted by Gasteiger charge is -2.27. The molecule has 2 amide bonds. The fraction of sp³-hybridized carbons (Fsp3) is 0.556. The molecule has 2 aliphatic rings. The highest BCUT2D eigenvalue weighted by molar-refractivity contribution is 5.80. The van der Waals surface area contributed by atoms with Gasteiger partial charge in [0, 0.05) is 32.6 Å². The van der Waals surface area contributed by atoms with Gasteiger partial charge in [-0.05, 0) is 24.0 Å². The van der Waals surface area contributed by atoms with Gasteiger partial charge in [-0.15, -0.1) is 0 Å². The molecular formula is C18H23FN2O3. The molecule has 6 heteroatoms. The van der Waals surface area contributed by atoms with E-state index in [4.69, 9.17) is 4.74 Å². The molecule has 0 aromatic heterocycles. The number of ether oxygens (including phenoxy) is 1. The quantitative estimate of drug-likeness (QED) is 0.838. The van der Waals surface area contributed by atoms with Gasteiger partial charge in [-0.2, -0.15) is 0 Å². The first kappa shape index (κ1) is 16.9. The number of carbonyl (C=O) groups excluding carboxylic acids is 2. The van der Waals surface area contributed by atoms with Crippen LogP contribution < -0.4 is 0 Å². The number of hydrogen-bond donors (Lipinski definition) is 0. The molecule has 2 heterocycles. The number of morpholine rings is 1. The van der Waals surface area contributed by atoms with Gasteiger partial charge in [-0.25, -0.2) is 4.39 Å². The van der Waals surface area contributed by atoms with Crippen LogP contribution in [-0.2, 0) is 20.7 Å². The van der Waals surface area contributed by atoms with Crippen molar-refractivity contribution in [3.8, 4) is 0 Å². The lowest BCUT2D eigenvalue weighted by atomic mass is 10.0. The van der Waals surface area contributed by atoms with Crippen molar-refractivity contribution in [2.45, 2.75) is 19.3 Å². The van der Waals surface area contributed by atoms with Gasteiger partial charge in [0.1, 0.15) is 5.82 Å². The Morgan fingerprint density at radius 2 is 1.83 bits per heavy atom. The molecule has 1 unspecified atom stereocenters. The lowest BCUT2D eigenvalue weighted by molar-refractivity contribution is -0.136. The molecule has 0 saturated carbocycles. The van der Waals surface area contributed by atoms with Gasteiger partial charge in [-0.1, -0.05) is 18.2 Å². The first-order valence-electron chi connectivity index (χ1n) is 8.50. The van der Waals surface area contributed by atoms with Gasteiger partial charge in [0.2, 0.25) is 11.8 Å². The summed E-state index contributed by atoms with van der Waals surface area (Å²) in [6.07, 6.45) is 1.39. The van der Waals surface area contributed by atoms with E-state index in [1.807, 2.05) is 4.90 Å². The van der Waals surface area contributed by atoms with Crippen molar-refractivity contribution in [3.05, 3.63) is 35.6 Å². The zero-order chi connectivity index (χ0) is 16.9. The van der Waals surface area contributed by atoms with Gasteiger partial charge in [0.15, 0.2) is 0 Å². The van der Waals surface area contributed by atoms with E-state index in [1.165, 1.54) is 6.07 Å². The largest absolute Gasteiger partial charge is 0.378 e. The molecule has 1 aromatic rings. The van der Waals surface area contributed by atoms with E-state index in [0.717, 1.165) is 6.42 Å². The maximum absolute atomic E-state index is 13.7. The van der Waals surface area contributed by atoms with Crippen LogP contribution in [-0.4, -0.2) is 61.0 Å². The third-order valence-corrected chi connectivity index (χ3v) is 4.77. The number of hydrogen-bond acceptors (Lipinski definition) is 3. The Bertz CT molecular complexity index is 602. The van der Waals surface area contributed by atoms with Crippen molar-refractivity contribution in [1.82, 2.24) is 9.80 Å². The number of nitrogens with zero attached hydrogens (tertiary/aromatic N) is 2. The Balaban J connectivity index is 1.48. The van der Waals surface area contributed by atoms with Gasteiger partial charge >= 0.3 is 0 Å². The molecule has 0 aliphatic carbocycles. The molecular weight excluding hydrogens is 311 g/mol. The van der Waals surface area contributed by atoms with Crippen molar-refractivity contribution >= 4 is 11.8 Å². The number of halogens is 1. The number of benzene rings is 1. The van der Waals surface area contributed by atoms with E-state index >= 15 is 0 Å². The summed E-state index contributed by atoms with van der Waals surface area (Å²) in [6, 6.07) is 6.37. The van der Waals surface area contributed by atoms with E-state index in [1.54, 1.807) is 23.1 Å². The zero-order valence-electron chi connectivity index (χ0n) is 13.7. The first-order chi connectivity index (χ1) is 11.6. The van der Waals surface area contributed by atoms with E-state index in [0.29, 0.717) is 51.4 Å². The highest BCUT2D eigenvalue weighted by Crippen LogP contribution is 2.22. The molecule has 2 saturated heterocycles. The predicted molar refractivity (Wildman–Crippen MR) is 86.8 cm³/mol. The molecule has 3 rings (SSSR count).